The molecule has 2 amide bonds. The fourth-order valence-electron chi connectivity index (χ4n) is 4.47. The van der Waals surface area contributed by atoms with Crippen LogP contribution in [0.3, 0.4) is 0 Å². The minimum atomic E-state index is -0.607. The van der Waals surface area contributed by atoms with E-state index in [1.807, 2.05) is 48.1 Å². The van der Waals surface area contributed by atoms with E-state index in [9.17, 15) is 9.59 Å². The smallest absolute Gasteiger partial charge is 0.313 e. The number of likely N-dealkylation sites (tertiary alicyclic amines) is 1. The van der Waals surface area contributed by atoms with Gasteiger partial charge in [0.2, 0.25) is 0 Å². The van der Waals surface area contributed by atoms with E-state index in [1.165, 1.54) is 17.3 Å². The standard InChI is InChI=1S/C26H27N5O3S/c1-30-14-11-27-26(30)35-20-6-3-18(4-7-20)29-24(32)25(33)31-12-9-17(10-13-31)22-16-28-23-8-5-19(34-2)15-21(22)23/h3-8,11,14-17,28H,9-10,12-13H2,1-2H3,(H,29,32). The number of hydrogen-bond donors (Lipinski definition) is 2. The Morgan fingerprint density at radius 1 is 1.14 bits per heavy atom. The molecule has 2 N–H and O–H groups in total. The van der Waals surface area contributed by atoms with Gasteiger partial charge < -0.3 is 24.5 Å². The van der Waals surface area contributed by atoms with Crippen molar-refractivity contribution in [2.24, 2.45) is 7.05 Å². The van der Waals surface area contributed by atoms with Crippen molar-refractivity contribution in [3.63, 3.8) is 0 Å². The maximum Gasteiger partial charge on any atom is 0.313 e. The number of fused-ring (bicyclic) bond motifs is 1. The van der Waals surface area contributed by atoms with E-state index in [1.54, 1.807) is 30.3 Å². The molecule has 5 rings (SSSR count). The first-order valence-electron chi connectivity index (χ1n) is 11.5. The highest BCUT2D eigenvalue weighted by Gasteiger charge is 2.29. The molecule has 180 valence electrons. The first-order valence-corrected chi connectivity index (χ1v) is 12.3. The van der Waals surface area contributed by atoms with Crippen LogP contribution in [0.1, 0.15) is 24.3 Å². The molecule has 1 aliphatic rings. The number of nitrogens with zero attached hydrogens (tertiary/aromatic N) is 3. The third-order valence-electron chi connectivity index (χ3n) is 6.44. The van der Waals surface area contributed by atoms with Crippen LogP contribution in [0.25, 0.3) is 10.9 Å². The summed E-state index contributed by atoms with van der Waals surface area (Å²) < 4.78 is 7.32. The number of carbonyl (C=O) groups excluding carboxylic acids is 2. The van der Waals surface area contributed by atoms with Gasteiger partial charge in [0.1, 0.15) is 5.75 Å². The lowest BCUT2D eigenvalue weighted by atomic mass is 9.89. The van der Waals surface area contributed by atoms with Crippen LogP contribution in [0.15, 0.2) is 71.1 Å². The summed E-state index contributed by atoms with van der Waals surface area (Å²) in [6.07, 6.45) is 7.31. The third-order valence-corrected chi connectivity index (χ3v) is 7.52. The zero-order valence-electron chi connectivity index (χ0n) is 19.7. The number of aromatic nitrogens is 3. The lowest BCUT2D eigenvalue weighted by Gasteiger charge is -2.31. The highest BCUT2D eigenvalue weighted by atomic mass is 32.2. The van der Waals surface area contributed by atoms with Crippen molar-refractivity contribution >= 4 is 40.2 Å². The van der Waals surface area contributed by atoms with Crippen LogP contribution in [0, 0.1) is 0 Å². The Morgan fingerprint density at radius 3 is 2.60 bits per heavy atom. The zero-order valence-corrected chi connectivity index (χ0v) is 20.5. The first kappa shape index (κ1) is 23.0. The number of aryl methyl sites for hydroxylation is 1. The number of ether oxygens (including phenoxy) is 1. The second kappa shape index (κ2) is 9.87. The fourth-order valence-corrected chi connectivity index (χ4v) is 5.27. The van der Waals surface area contributed by atoms with Gasteiger partial charge in [-0.15, -0.1) is 0 Å². The van der Waals surface area contributed by atoms with Crippen LogP contribution in [0.4, 0.5) is 5.69 Å². The lowest BCUT2D eigenvalue weighted by Crippen LogP contribution is -2.43. The van der Waals surface area contributed by atoms with E-state index < -0.39 is 11.8 Å². The number of carbonyl (C=O) groups is 2. The van der Waals surface area contributed by atoms with Gasteiger partial charge in [-0.3, -0.25) is 9.59 Å². The van der Waals surface area contributed by atoms with Crippen LogP contribution in [-0.4, -0.2) is 51.4 Å². The number of anilines is 1. The average molecular weight is 490 g/mol. The van der Waals surface area contributed by atoms with Gasteiger partial charge >= 0.3 is 11.8 Å². The monoisotopic (exact) mass is 489 g/mol. The van der Waals surface area contributed by atoms with Crippen molar-refractivity contribution in [2.45, 2.75) is 28.8 Å². The predicted molar refractivity (Wildman–Crippen MR) is 136 cm³/mol. The summed E-state index contributed by atoms with van der Waals surface area (Å²) in [6, 6.07) is 13.4. The molecule has 1 saturated heterocycles. The van der Waals surface area contributed by atoms with Gasteiger partial charge in [-0.1, -0.05) is 11.8 Å². The topological polar surface area (TPSA) is 92.2 Å². The number of piperidine rings is 1. The number of imidazole rings is 1. The summed E-state index contributed by atoms with van der Waals surface area (Å²) in [5.74, 6) is 0.0536. The molecule has 0 aliphatic carbocycles. The van der Waals surface area contributed by atoms with E-state index in [4.69, 9.17) is 4.74 Å². The number of rotatable bonds is 5. The molecule has 4 aromatic rings. The Labute approximate surface area is 207 Å². The lowest BCUT2D eigenvalue weighted by molar-refractivity contribution is -0.143. The van der Waals surface area contributed by atoms with Gasteiger partial charge in [-0.2, -0.15) is 0 Å². The molecule has 35 heavy (non-hydrogen) atoms. The molecular formula is C26H27N5O3S. The van der Waals surface area contributed by atoms with Crippen LogP contribution < -0.4 is 10.1 Å². The van der Waals surface area contributed by atoms with Crippen molar-refractivity contribution in [2.75, 3.05) is 25.5 Å². The summed E-state index contributed by atoms with van der Waals surface area (Å²) in [7, 11) is 3.61. The maximum absolute atomic E-state index is 12.8. The SMILES string of the molecule is COc1ccc2[nH]cc(C3CCN(C(=O)C(=O)Nc4ccc(Sc5nccn5C)cc4)CC3)c2c1. The summed E-state index contributed by atoms with van der Waals surface area (Å²) in [6.45, 7) is 1.10. The molecule has 0 bridgehead atoms. The highest BCUT2D eigenvalue weighted by molar-refractivity contribution is 7.99. The molecule has 0 spiro atoms. The van der Waals surface area contributed by atoms with Crippen molar-refractivity contribution in [1.82, 2.24) is 19.4 Å². The number of aromatic amines is 1. The first-order chi connectivity index (χ1) is 17.0. The van der Waals surface area contributed by atoms with E-state index in [-0.39, 0.29) is 0 Å². The Balaban J connectivity index is 1.17. The summed E-state index contributed by atoms with van der Waals surface area (Å²) in [4.78, 5) is 35.7. The molecule has 0 radical (unpaired) electrons. The highest BCUT2D eigenvalue weighted by Crippen LogP contribution is 2.35. The fraction of sp³-hybridized carbons (Fsp3) is 0.269. The van der Waals surface area contributed by atoms with Crippen molar-refractivity contribution in [3.8, 4) is 5.75 Å². The molecular weight excluding hydrogens is 462 g/mol. The summed E-state index contributed by atoms with van der Waals surface area (Å²) >= 11 is 1.53. The molecule has 0 atom stereocenters. The predicted octanol–water partition coefficient (Wildman–Crippen LogP) is 4.41. The number of H-pyrrole nitrogens is 1. The van der Waals surface area contributed by atoms with Gasteiger partial charge in [0.05, 0.1) is 7.11 Å². The molecule has 0 saturated carbocycles. The summed E-state index contributed by atoms with van der Waals surface area (Å²) in [5.41, 5.74) is 2.90. The summed E-state index contributed by atoms with van der Waals surface area (Å²) in [5, 5.41) is 4.76. The molecule has 8 nitrogen and oxygen atoms in total. The Hall–Kier alpha value is -3.72. The van der Waals surface area contributed by atoms with Gasteiger partial charge in [-0.25, -0.2) is 4.98 Å². The van der Waals surface area contributed by atoms with Crippen LogP contribution in [0.5, 0.6) is 5.75 Å². The minimum absolute atomic E-state index is 0.326. The molecule has 1 aliphatic heterocycles. The van der Waals surface area contributed by atoms with Crippen LogP contribution >= 0.6 is 11.8 Å². The van der Waals surface area contributed by atoms with Gasteiger partial charge in [0.25, 0.3) is 0 Å². The van der Waals surface area contributed by atoms with Crippen molar-refractivity contribution < 1.29 is 14.3 Å². The molecule has 3 heterocycles. The maximum atomic E-state index is 12.8. The van der Waals surface area contributed by atoms with E-state index >= 15 is 0 Å². The molecule has 0 unspecified atom stereocenters. The number of hydrogen-bond acceptors (Lipinski definition) is 5. The number of benzene rings is 2. The normalized spacial score (nSPS) is 14.3. The second-order valence-corrected chi connectivity index (χ2v) is 9.66. The number of nitrogens with one attached hydrogen (secondary N) is 2. The molecule has 2 aromatic carbocycles. The number of methoxy groups -OCH3 is 1. The van der Waals surface area contributed by atoms with Gasteiger partial charge in [0, 0.05) is 60.2 Å². The quantitative estimate of drug-likeness (QED) is 0.405. The Kier molecular flexibility index (Phi) is 6.50. The average Bonchev–Trinajstić information content (AvgIpc) is 3.50. The van der Waals surface area contributed by atoms with Crippen LogP contribution in [0.2, 0.25) is 0 Å². The van der Waals surface area contributed by atoms with Crippen molar-refractivity contribution in [1.29, 1.82) is 0 Å². The van der Waals surface area contributed by atoms with E-state index in [2.05, 4.69) is 21.5 Å². The zero-order chi connectivity index (χ0) is 24.4. The Morgan fingerprint density at radius 2 is 1.91 bits per heavy atom. The molecule has 2 aromatic heterocycles. The number of amides is 2. The molecule has 1 fully saturated rings. The van der Waals surface area contributed by atoms with E-state index in [0.717, 1.165) is 39.5 Å². The van der Waals surface area contributed by atoms with Crippen molar-refractivity contribution in [3.05, 3.63) is 66.6 Å². The third kappa shape index (κ3) is 4.90. The van der Waals surface area contributed by atoms with E-state index in [0.29, 0.717) is 24.7 Å². The van der Waals surface area contributed by atoms with Gasteiger partial charge in [0.15, 0.2) is 5.16 Å². The largest absolute Gasteiger partial charge is 0.497 e. The second-order valence-electron chi connectivity index (χ2n) is 8.62. The molecule has 9 heteroatoms. The Bertz CT molecular complexity index is 1350. The minimum Gasteiger partial charge on any atom is -0.497 e. The van der Waals surface area contributed by atoms with Gasteiger partial charge in [-0.05, 0) is 66.8 Å². The van der Waals surface area contributed by atoms with Crippen LogP contribution in [-0.2, 0) is 16.6 Å².